The molecule has 4 heteroatoms. The Hall–Kier alpha value is -1.71. The first kappa shape index (κ1) is 15.7. The zero-order chi connectivity index (χ0) is 15.2. The predicted octanol–water partition coefficient (Wildman–Crippen LogP) is 4.83. The number of halogens is 1. The van der Waals surface area contributed by atoms with Crippen LogP contribution in [0.25, 0.3) is 11.1 Å². The molecule has 2 aromatic carbocycles. The Labute approximate surface area is 133 Å². The molecule has 0 radical (unpaired) electrons. The minimum Gasteiger partial charge on any atom is -0.466 e. The van der Waals surface area contributed by atoms with Gasteiger partial charge in [0, 0.05) is 21.2 Å². The molecule has 0 aliphatic heterocycles. The van der Waals surface area contributed by atoms with Crippen molar-refractivity contribution < 1.29 is 9.53 Å². The molecular formula is C17H15ClO2S. The summed E-state index contributed by atoms with van der Waals surface area (Å²) in [5.74, 6) is 0.160. The van der Waals surface area contributed by atoms with E-state index < -0.39 is 0 Å². The van der Waals surface area contributed by atoms with Crippen molar-refractivity contribution in [2.45, 2.75) is 4.90 Å². The van der Waals surface area contributed by atoms with Crippen LogP contribution in [0.15, 0.2) is 65.6 Å². The lowest BCUT2D eigenvalue weighted by Gasteiger charge is -2.06. The fraction of sp³-hybridized carbons (Fsp3) is 0.118. The number of esters is 1. The van der Waals surface area contributed by atoms with E-state index in [0.717, 1.165) is 21.0 Å². The molecule has 0 aliphatic carbocycles. The van der Waals surface area contributed by atoms with Gasteiger partial charge in [0.15, 0.2) is 0 Å². The molecule has 0 spiro atoms. The molecule has 2 nitrogen and oxygen atoms in total. The topological polar surface area (TPSA) is 26.3 Å². The number of hydrogen-bond acceptors (Lipinski definition) is 3. The molecular weight excluding hydrogens is 304 g/mol. The van der Waals surface area contributed by atoms with Crippen molar-refractivity contribution in [3.63, 3.8) is 0 Å². The number of benzene rings is 2. The van der Waals surface area contributed by atoms with Gasteiger partial charge in [-0.25, -0.2) is 4.79 Å². The zero-order valence-corrected chi connectivity index (χ0v) is 13.2. The van der Waals surface area contributed by atoms with Crippen molar-refractivity contribution in [1.82, 2.24) is 0 Å². The molecule has 0 saturated carbocycles. The average Bonchev–Trinajstić information content (AvgIpc) is 2.53. The summed E-state index contributed by atoms with van der Waals surface area (Å²) in [6.07, 6.45) is 0. The van der Waals surface area contributed by atoms with Gasteiger partial charge in [-0.15, -0.1) is 11.8 Å². The number of methoxy groups -OCH3 is 1. The summed E-state index contributed by atoms with van der Waals surface area (Å²) in [5.41, 5.74) is 2.71. The summed E-state index contributed by atoms with van der Waals surface area (Å²) in [4.78, 5) is 12.3. The van der Waals surface area contributed by atoms with Gasteiger partial charge in [0.05, 0.1) is 7.11 Å². The van der Waals surface area contributed by atoms with E-state index in [0.29, 0.717) is 11.3 Å². The molecule has 0 fully saturated rings. The Morgan fingerprint density at radius 3 is 2.14 bits per heavy atom. The van der Waals surface area contributed by atoms with Gasteiger partial charge in [0.2, 0.25) is 0 Å². The smallest absolute Gasteiger partial charge is 0.333 e. The van der Waals surface area contributed by atoms with Crippen LogP contribution < -0.4 is 0 Å². The lowest BCUT2D eigenvalue weighted by atomic mass is 10.1. The maximum absolute atomic E-state index is 11.3. The molecule has 0 N–H and O–H groups in total. The van der Waals surface area contributed by atoms with E-state index in [2.05, 4.69) is 11.3 Å². The van der Waals surface area contributed by atoms with Crippen LogP contribution in [0.4, 0.5) is 0 Å². The Kier molecular flexibility index (Phi) is 5.48. The molecule has 0 unspecified atom stereocenters. The molecule has 0 saturated heterocycles. The number of thioether (sulfide) groups is 1. The Balaban J connectivity index is 2.00. The molecule has 0 atom stereocenters. The van der Waals surface area contributed by atoms with E-state index in [1.165, 1.54) is 7.11 Å². The van der Waals surface area contributed by atoms with Gasteiger partial charge in [-0.3, -0.25) is 0 Å². The van der Waals surface area contributed by atoms with Crippen LogP contribution in [0.3, 0.4) is 0 Å². The van der Waals surface area contributed by atoms with Crippen LogP contribution in [0.2, 0.25) is 5.02 Å². The largest absolute Gasteiger partial charge is 0.466 e. The molecule has 0 aromatic heterocycles. The molecule has 108 valence electrons. The van der Waals surface area contributed by atoms with Crippen molar-refractivity contribution in [2.24, 2.45) is 0 Å². The summed E-state index contributed by atoms with van der Waals surface area (Å²) in [5, 5.41) is 0.729. The molecule has 0 bridgehead atoms. The Morgan fingerprint density at radius 1 is 1.10 bits per heavy atom. The van der Waals surface area contributed by atoms with Gasteiger partial charge in [-0.05, 0) is 35.4 Å². The lowest BCUT2D eigenvalue weighted by Crippen LogP contribution is -2.05. The van der Waals surface area contributed by atoms with Crippen LogP contribution in [0.1, 0.15) is 0 Å². The van der Waals surface area contributed by atoms with Crippen LogP contribution in [0.5, 0.6) is 0 Å². The van der Waals surface area contributed by atoms with E-state index in [-0.39, 0.29) is 5.97 Å². The summed E-state index contributed by atoms with van der Waals surface area (Å²) >= 11 is 7.44. The average molecular weight is 319 g/mol. The van der Waals surface area contributed by atoms with E-state index in [9.17, 15) is 4.79 Å². The number of carbonyl (C=O) groups is 1. The van der Waals surface area contributed by atoms with Crippen LogP contribution in [0, 0.1) is 0 Å². The summed E-state index contributed by atoms with van der Waals surface area (Å²) < 4.78 is 4.62. The van der Waals surface area contributed by atoms with Gasteiger partial charge in [0.1, 0.15) is 0 Å². The first-order valence-electron chi connectivity index (χ1n) is 6.35. The zero-order valence-electron chi connectivity index (χ0n) is 11.6. The fourth-order valence-corrected chi connectivity index (χ4v) is 2.67. The summed E-state index contributed by atoms with van der Waals surface area (Å²) in [7, 11) is 1.36. The maximum atomic E-state index is 11.3. The third-order valence-electron chi connectivity index (χ3n) is 2.92. The number of hydrogen-bond donors (Lipinski definition) is 0. The second-order valence-electron chi connectivity index (χ2n) is 4.42. The second-order valence-corrected chi connectivity index (χ2v) is 5.90. The maximum Gasteiger partial charge on any atom is 0.333 e. The molecule has 21 heavy (non-hydrogen) atoms. The lowest BCUT2D eigenvalue weighted by molar-refractivity contribution is -0.135. The minimum absolute atomic E-state index is 0.361. The van der Waals surface area contributed by atoms with E-state index in [1.807, 2.05) is 48.5 Å². The van der Waals surface area contributed by atoms with Crippen molar-refractivity contribution in [3.05, 3.63) is 65.7 Å². The second kappa shape index (κ2) is 7.34. The van der Waals surface area contributed by atoms with Crippen LogP contribution in [-0.4, -0.2) is 18.8 Å². The van der Waals surface area contributed by atoms with Crippen molar-refractivity contribution in [1.29, 1.82) is 0 Å². The van der Waals surface area contributed by atoms with Crippen molar-refractivity contribution >= 4 is 29.3 Å². The van der Waals surface area contributed by atoms with Crippen molar-refractivity contribution in [2.75, 3.05) is 12.9 Å². The highest BCUT2D eigenvalue weighted by atomic mass is 35.5. The minimum atomic E-state index is -0.361. The van der Waals surface area contributed by atoms with Crippen LogP contribution in [-0.2, 0) is 9.53 Å². The standard InChI is InChI=1S/C17H15ClO2S/c1-12(17(19)20-2)11-21-16-9-5-14(6-10-16)13-3-7-15(18)8-4-13/h3-10H,1,11H2,2H3. The third kappa shape index (κ3) is 4.38. The molecule has 0 aliphatic rings. The van der Waals surface area contributed by atoms with Gasteiger partial charge in [-0.1, -0.05) is 42.4 Å². The molecule has 2 aromatic rings. The van der Waals surface area contributed by atoms with Gasteiger partial charge in [-0.2, -0.15) is 0 Å². The first-order chi connectivity index (χ1) is 10.1. The number of rotatable bonds is 5. The fourth-order valence-electron chi connectivity index (χ4n) is 1.76. The normalized spacial score (nSPS) is 10.2. The third-order valence-corrected chi connectivity index (χ3v) is 4.27. The first-order valence-corrected chi connectivity index (χ1v) is 7.71. The summed E-state index contributed by atoms with van der Waals surface area (Å²) in [6.45, 7) is 3.71. The monoisotopic (exact) mass is 318 g/mol. The van der Waals surface area contributed by atoms with E-state index in [1.54, 1.807) is 11.8 Å². The Morgan fingerprint density at radius 2 is 1.62 bits per heavy atom. The predicted molar refractivity (Wildman–Crippen MR) is 88.8 cm³/mol. The number of ether oxygens (including phenoxy) is 1. The van der Waals surface area contributed by atoms with E-state index in [4.69, 9.17) is 11.6 Å². The highest BCUT2D eigenvalue weighted by Gasteiger charge is 2.07. The van der Waals surface area contributed by atoms with Gasteiger partial charge < -0.3 is 4.74 Å². The van der Waals surface area contributed by atoms with Gasteiger partial charge in [0.25, 0.3) is 0 Å². The molecule has 0 amide bonds. The SMILES string of the molecule is C=C(CSc1ccc(-c2ccc(Cl)cc2)cc1)C(=O)OC. The quantitative estimate of drug-likeness (QED) is 0.449. The van der Waals surface area contributed by atoms with E-state index >= 15 is 0 Å². The molecule has 0 heterocycles. The highest BCUT2D eigenvalue weighted by molar-refractivity contribution is 7.99. The van der Waals surface area contributed by atoms with Gasteiger partial charge >= 0.3 is 5.97 Å². The molecule has 2 rings (SSSR count). The number of carbonyl (C=O) groups excluding carboxylic acids is 1. The van der Waals surface area contributed by atoms with Crippen LogP contribution >= 0.6 is 23.4 Å². The summed E-state index contributed by atoms with van der Waals surface area (Å²) in [6, 6.07) is 15.9. The Bertz CT molecular complexity index is 633. The van der Waals surface area contributed by atoms with Crippen molar-refractivity contribution in [3.8, 4) is 11.1 Å². The highest BCUT2D eigenvalue weighted by Crippen LogP contribution is 2.26.